The van der Waals surface area contributed by atoms with E-state index in [1.165, 1.54) is 0 Å². The van der Waals surface area contributed by atoms with Crippen LogP contribution in [0, 0.1) is 13.8 Å². The van der Waals surface area contributed by atoms with E-state index in [0.29, 0.717) is 10.0 Å². The Morgan fingerprint density at radius 2 is 1.68 bits per heavy atom. The number of hydrogen-bond acceptors (Lipinski definition) is 1. The van der Waals surface area contributed by atoms with Crippen LogP contribution in [0.1, 0.15) is 28.4 Å². The van der Waals surface area contributed by atoms with Gasteiger partial charge in [0.1, 0.15) is 6.10 Å². The third-order valence-corrected chi connectivity index (χ3v) is 4.72. The van der Waals surface area contributed by atoms with Crippen molar-refractivity contribution in [2.24, 2.45) is 0 Å². The van der Waals surface area contributed by atoms with Crippen LogP contribution in [0.3, 0.4) is 0 Å². The van der Waals surface area contributed by atoms with Gasteiger partial charge in [-0.15, -0.1) is 0 Å². The topological polar surface area (TPSA) is 20.2 Å². The molecular weight excluding hydrogens is 347 g/mol. The molecule has 1 nitrogen and oxygen atoms in total. The summed E-state index contributed by atoms with van der Waals surface area (Å²) in [5, 5.41) is 11.8. The van der Waals surface area contributed by atoms with Gasteiger partial charge >= 0.3 is 0 Å². The minimum Gasteiger partial charge on any atom is -0.384 e. The second-order valence-electron chi connectivity index (χ2n) is 4.53. The van der Waals surface area contributed by atoms with E-state index in [9.17, 15) is 5.11 Å². The molecule has 0 aliphatic rings. The highest BCUT2D eigenvalue weighted by molar-refractivity contribution is 9.10. The van der Waals surface area contributed by atoms with E-state index in [0.717, 1.165) is 26.7 Å². The SMILES string of the molecule is Cc1cc(C(O)c2ccc(Cl)c(Br)c2)c(C)cc1Cl. The smallest absolute Gasteiger partial charge is 0.104 e. The van der Waals surface area contributed by atoms with Gasteiger partial charge in [0.2, 0.25) is 0 Å². The molecule has 0 amide bonds. The Hall–Kier alpha value is -0.540. The summed E-state index contributed by atoms with van der Waals surface area (Å²) in [4.78, 5) is 0. The number of aryl methyl sites for hydroxylation is 2. The fraction of sp³-hybridized carbons (Fsp3) is 0.200. The highest BCUT2D eigenvalue weighted by atomic mass is 79.9. The number of hydrogen-bond donors (Lipinski definition) is 1. The van der Waals surface area contributed by atoms with Gasteiger partial charge in [0.15, 0.2) is 0 Å². The highest BCUT2D eigenvalue weighted by Gasteiger charge is 2.15. The lowest BCUT2D eigenvalue weighted by atomic mass is 9.96. The van der Waals surface area contributed by atoms with Crippen molar-refractivity contribution in [1.82, 2.24) is 0 Å². The van der Waals surface area contributed by atoms with E-state index in [-0.39, 0.29) is 0 Å². The summed E-state index contributed by atoms with van der Waals surface area (Å²) < 4.78 is 0.772. The Morgan fingerprint density at radius 1 is 1.00 bits per heavy atom. The number of rotatable bonds is 2. The Kier molecular flexibility index (Phi) is 4.57. The van der Waals surface area contributed by atoms with E-state index < -0.39 is 6.10 Å². The van der Waals surface area contributed by atoms with Crippen molar-refractivity contribution >= 4 is 39.1 Å². The molecule has 0 saturated carbocycles. The van der Waals surface area contributed by atoms with Crippen molar-refractivity contribution < 1.29 is 5.11 Å². The van der Waals surface area contributed by atoms with Crippen molar-refractivity contribution in [2.75, 3.05) is 0 Å². The van der Waals surface area contributed by atoms with Gasteiger partial charge in [0.05, 0.1) is 5.02 Å². The lowest BCUT2D eigenvalue weighted by molar-refractivity contribution is 0.219. The van der Waals surface area contributed by atoms with Crippen LogP contribution in [0.5, 0.6) is 0 Å². The van der Waals surface area contributed by atoms with Gasteiger partial charge in [-0.05, 0) is 70.2 Å². The Morgan fingerprint density at radius 3 is 2.32 bits per heavy atom. The lowest BCUT2D eigenvalue weighted by Gasteiger charge is -2.16. The third kappa shape index (κ3) is 3.14. The molecule has 2 aromatic carbocycles. The second kappa shape index (κ2) is 5.84. The maximum atomic E-state index is 10.5. The highest BCUT2D eigenvalue weighted by Crippen LogP contribution is 2.32. The first kappa shape index (κ1) is 14.9. The van der Waals surface area contributed by atoms with Crippen molar-refractivity contribution in [1.29, 1.82) is 0 Å². The van der Waals surface area contributed by atoms with Crippen LogP contribution < -0.4 is 0 Å². The zero-order valence-corrected chi connectivity index (χ0v) is 13.6. The molecular formula is C15H13BrCl2O. The van der Waals surface area contributed by atoms with E-state index in [1.807, 2.05) is 38.1 Å². The molecule has 0 saturated heterocycles. The van der Waals surface area contributed by atoms with Gasteiger partial charge in [0.25, 0.3) is 0 Å². The molecule has 4 heteroatoms. The molecule has 1 N–H and O–H groups in total. The molecule has 0 fully saturated rings. The van der Waals surface area contributed by atoms with Crippen molar-refractivity contribution in [2.45, 2.75) is 20.0 Å². The molecule has 0 heterocycles. The molecule has 0 bridgehead atoms. The summed E-state index contributed by atoms with van der Waals surface area (Å²) in [6, 6.07) is 9.21. The van der Waals surface area contributed by atoms with Gasteiger partial charge < -0.3 is 5.11 Å². The maximum Gasteiger partial charge on any atom is 0.104 e. The van der Waals surface area contributed by atoms with Crippen LogP contribution in [-0.2, 0) is 0 Å². The Labute approximate surface area is 131 Å². The van der Waals surface area contributed by atoms with E-state index in [4.69, 9.17) is 23.2 Å². The summed E-state index contributed by atoms with van der Waals surface area (Å²) in [6.45, 7) is 3.87. The molecule has 0 aliphatic carbocycles. The lowest BCUT2D eigenvalue weighted by Crippen LogP contribution is -2.03. The molecule has 19 heavy (non-hydrogen) atoms. The van der Waals surface area contributed by atoms with Crippen LogP contribution in [0.25, 0.3) is 0 Å². The molecule has 1 unspecified atom stereocenters. The average Bonchev–Trinajstić information content (AvgIpc) is 2.36. The van der Waals surface area contributed by atoms with Gasteiger partial charge in [-0.3, -0.25) is 0 Å². The molecule has 2 aromatic rings. The van der Waals surface area contributed by atoms with E-state index in [1.54, 1.807) is 6.07 Å². The number of halogens is 3. The molecule has 0 spiro atoms. The molecule has 0 aliphatic heterocycles. The molecule has 1 atom stereocenters. The minimum absolute atomic E-state index is 0.625. The quantitative estimate of drug-likeness (QED) is 0.755. The molecule has 0 radical (unpaired) electrons. The first-order chi connectivity index (χ1) is 8.90. The van der Waals surface area contributed by atoms with Crippen LogP contribution in [0.4, 0.5) is 0 Å². The van der Waals surface area contributed by atoms with Crippen molar-refractivity contribution in [3.8, 4) is 0 Å². The largest absolute Gasteiger partial charge is 0.384 e. The van der Waals surface area contributed by atoms with Gasteiger partial charge in [-0.25, -0.2) is 0 Å². The average molecular weight is 360 g/mol. The first-order valence-electron chi connectivity index (χ1n) is 5.80. The summed E-state index contributed by atoms with van der Waals surface area (Å²) in [5.41, 5.74) is 3.57. The number of aliphatic hydroxyl groups is 1. The monoisotopic (exact) mass is 358 g/mol. The summed E-state index contributed by atoms with van der Waals surface area (Å²) in [5.74, 6) is 0. The normalized spacial score (nSPS) is 12.5. The van der Waals surface area contributed by atoms with Gasteiger partial charge in [-0.1, -0.05) is 35.3 Å². The zero-order valence-electron chi connectivity index (χ0n) is 10.5. The third-order valence-electron chi connectivity index (χ3n) is 3.10. The van der Waals surface area contributed by atoms with Crippen molar-refractivity contribution in [3.05, 3.63) is 67.1 Å². The molecule has 100 valence electrons. The predicted molar refractivity (Wildman–Crippen MR) is 84.1 cm³/mol. The van der Waals surface area contributed by atoms with Crippen molar-refractivity contribution in [3.63, 3.8) is 0 Å². The van der Waals surface area contributed by atoms with Gasteiger partial charge in [-0.2, -0.15) is 0 Å². The zero-order chi connectivity index (χ0) is 14.2. The van der Waals surface area contributed by atoms with Crippen LogP contribution in [0.15, 0.2) is 34.8 Å². The number of aliphatic hydroxyl groups excluding tert-OH is 1. The van der Waals surface area contributed by atoms with Crippen LogP contribution in [-0.4, -0.2) is 5.11 Å². The maximum absolute atomic E-state index is 10.5. The Bertz CT molecular complexity index is 626. The van der Waals surface area contributed by atoms with Crippen LogP contribution >= 0.6 is 39.1 Å². The Balaban J connectivity index is 2.46. The molecule has 2 rings (SSSR count). The van der Waals surface area contributed by atoms with Crippen LogP contribution in [0.2, 0.25) is 10.0 Å². The predicted octanol–water partition coefficient (Wildman–Crippen LogP) is 5.45. The second-order valence-corrected chi connectivity index (χ2v) is 6.20. The van der Waals surface area contributed by atoms with E-state index >= 15 is 0 Å². The standard InChI is InChI=1S/C15H13BrCl2O/c1-8-6-14(18)9(2)5-11(8)15(19)10-3-4-13(17)12(16)7-10/h3-7,15,19H,1-2H3. The summed E-state index contributed by atoms with van der Waals surface area (Å²) >= 11 is 15.4. The summed E-state index contributed by atoms with van der Waals surface area (Å²) in [6.07, 6.45) is -0.690. The summed E-state index contributed by atoms with van der Waals surface area (Å²) in [7, 11) is 0. The van der Waals surface area contributed by atoms with E-state index in [2.05, 4.69) is 15.9 Å². The fourth-order valence-electron chi connectivity index (χ4n) is 1.96. The fourth-order valence-corrected chi connectivity index (χ4v) is 2.69. The first-order valence-corrected chi connectivity index (χ1v) is 7.34. The van der Waals surface area contributed by atoms with Gasteiger partial charge in [0, 0.05) is 9.50 Å². The minimum atomic E-state index is -0.690. The number of benzene rings is 2. The molecule has 0 aromatic heterocycles.